The van der Waals surface area contributed by atoms with E-state index in [1.807, 2.05) is 0 Å². The van der Waals surface area contributed by atoms with Gasteiger partial charge in [-0.25, -0.2) is 4.98 Å². The number of ether oxygens (including phenoxy) is 6. The van der Waals surface area contributed by atoms with Crippen LogP contribution in [-0.2, 0) is 51.6 Å². The van der Waals surface area contributed by atoms with Crippen molar-refractivity contribution >= 4 is 47.9 Å². The molecule has 4 atom stereocenters. The van der Waals surface area contributed by atoms with Crippen LogP contribution in [0.3, 0.4) is 0 Å². The van der Waals surface area contributed by atoms with Gasteiger partial charge in [-0.2, -0.15) is 5.26 Å². The number of carbonyl (C=O) groups is 2. The third-order valence-electron chi connectivity index (χ3n) is 9.51. The molecule has 4 heterocycles. The van der Waals surface area contributed by atoms with Crippen molar-refractivity contribution in [1.29, 1.82) is 5.26 Å². The highest BCUT2D eigenvalue weighted by Gasteiger charge is 2.45. The lowest BCUT2D eigenvalue weighted by atomic mass is 9.95. The molecule has 1 saturated carbocycles. The summed E-state index contributed by atoms with van der Waals surface area (Å²) in [5.74, 6) is -1.35. The summed E-state index contributed by atoms with van der Waals surface area (Å²) in [6.45, 7) is 5.49. The van der Waals surface area contributed by atoms with Gasteiger partial charge in [0.25, 0.3) is 0 Å². The highest BCUT2D eigenvalue weighted by Crippen LogP contribution is 2.48. The second-order valence-electron chi connectivity index (χ2n) is 14.9. The molecule has 2 aliphatic heterocycles. The van der Waals surface area contributed by atoms with Gasteiger partial charge in [-0.15, -0.1) is 0 Å². The van der Waals surface area contributed by atoms with Gasteiger partial charge in [0.1, 0.15) is 41.9 Å². The molecule has 19 heteroatoms. The second-order valence-corrected chi connectivity index (χ2v) is 17.3. The highest BCUT2D eigenvalue weighted by molar-refractivity contribution is 7.53. The summed E-state index contributed by atoms with van der Waals surface area (Å²) < 4.78 is 59.5. The Morgan fingerprint density at radius 3 is 2.17 bits per heavy atom. The highest BCUT2D eigenvalue weighted by atomic mass is 35.5. The zero-order chi connectivity index (χ0) is 39.1. The van der Waals surface area contributed by atoms with Crippen LogP contribution in [0.1, 0.15) is 78.0 Å². The van der Waals surface area contributed by atoms with Crippen LogP contribution in [0.15, 0.2) is 12.3 Å². The van der Waals surface area contributed by atoms with Crippen molar-refractivity contribution in [3.05, 3.63) is 23.0 Å². The summed E-state index contributed by atoms with van der Waals surface area (Å²) in [5.41, 5.74) is -1.03. The Hall–Kier alpha value is -2.88. The number of nitriles is 1. The van der Waals surface area contributed by atoms with Crippen molar-refractivity contribution < 1.29 is 61.8 Å². The van der Waals surface area contributed by atoms with Crippen LogP contribution in [0.2, 0.25) is 5.15 Å². The molecular weight excluding hydrogens is 751 g/mol. The Balaban J connectivity index is 1.25. The first-order chi connectivity index (χ1) is 25.7. The first-order valence-electron chi connectivity index (χ1n) is 18.0. The van der Waals surface area contributed by atoms with E-state index in [4.69, 9.17) is 49.1 Å². The van der Waals surface area contributed by atoms with Crippen LogP contribution >= 0.6 is 19.2 Å². The van der Waals surface area contributed by atoms with Crippen LogP contribution in [-0.4, -0.2) is 109 Å². The Morgan fingerprint density at radius 1 is 1.00 bits per heavy atom. The van der Waals surface area contributed by atoms with E-state index in [1.165, 1.54) is 4.57 Å². The summed E-state index contributed by atoms with van der Waals surface area (Å²) >= 11 is 6.45. The number of cyclic esters (lactones) is 2. The van der Waals surface area contributed by atoms with Crippen molar-refractivity contribution in [3.8, 4) is 6.07 Å². The van der Waals surface area contributed by atoms with Gasteiger partial charge < -0.3 is 48.5 Å². The number of hydrogen-bond acceptors (Lipinski definition) is 16. The minimum atomic E-state index is -4.29. The molecule has 2 aromatic heterocycles. The molecule has 0 radical (unpaired) electrons. The van der Waals surface area contributed by atoms with Gasteiger partial charge >= 0.3 is 19.5 Å². The monoisotopic (exact) mass is 800 g/mol. The lowest BCUT2D eigenvalue weighted by Crippen LogP contribution is -2.34. The fraction of sp³-hybridized carbons (Fsp3) is 0.714. The molecule has 3 fully saturated rings. The van der Waals surface area contributed by atoms with Crippen molar-refractivity contribution in [3.63, 3.8) is 0 Å². The standard InChI is InChI=1S/C35H50ClN4O13P/c1-34(2)17-46-13-7-8-14-47-18-35(3,4)33(44)50-20-52-54(45,51-19-49-32(34)43)21-48-16-25-27(41)28(42)31(53-25)40-12-11-23-26(38-22-9-5-6-10-22)24(15-37)29(36)39-30(23)40/h11-12,22,25,27-28,31,41-42H,5-10,13-14,16-21H2,1-4H3,(H,38,39)/t25-,27+,28+,31+/m0/s1. The van der Waals surface area contributed by atoms with Crippen molar-refractivity contribution in [1.82, 2.24) is 9.55 Å². The smallest absolute Gasteiger partial charge is 0.361 e. The number of anilines is 1. The summed E-state index contributed by atoms with van der Waals surface area (Å²) in [6, 6.07) is 4.03. The van der Waals surface area contributed by atoms with E-state index in [9.17, 15) is 29.6 Å². The maximum atomic E-state index is 13.8. The number of esters is 2. The summed E-state index contributed by atoms with van der Waals surface area (Å²) in [4.78, 5) is 30.0. The fourth-order valence-corrected chi connectivity index (χ4v) is 7.45. The number of aliphatic hydroxyl groups excluding tert-OH is 2. The Morgan fingerprint density at radius 2 is 1.59 bits per heavy atom. The predicted molar refractivity (Wildman–Crippen MR) is 192 cm³/mol. The molecular formula is C35H50ClN4O13P. The molecule has 0 amide bonds. The average Bonchev–Trinajstić information content (AvgIpc) is 3.85. The van der Waals surface area contributed by atoms with Gasteiger partial charge in [-0.3, -0.25) is 23.2 Å². The summed E-state index contributed by atoms with van der Waals surface area (Å²) in [7, 11) is -4.29. The lowest BCUT2D eigenvalue weighted by molar-refractivity contribution is -0.166. The molecule has 0 aromatic carbocycles. The summed E-state index contributed by atoms with van der Waals surface area (Å²) in [5, 5.41) is 35.9. The van der Waals surface area contributed by atoms with E-state index in [2.05, 4.69) is 16.4 Å². The fourth-order valence-electron chi connectivity index (χ4n) is 6.25. The zero-order valence-corrected chi connectivity index (χ0v) is 32.6. The molecule has 3 aliphatic rings. The number of fused-ring (bicyclic) bond motifs is 1. The molecule has 2 aromatic rings. The van der Waals surface area contributed by atoms with E-state index < -0.39 is 74.8 Å². The Bertz CT molecular complexity index is 1670. The average molecular weight is 801 g/mol. The molecule has 54 heavy (non-hydrogen) atoms. The molecule has 0 unspecified atom stereocenters. The molecule has 2 saturated heterocycles. The number of rotatable bonds is 7. The first kappa shape index (κ1) is 42.3. The molecule has 3 N–H and O–H groups in total. The predicted octanol–water partition coefficient (Wildman–Crippen LogP) is 4.62. The normalized spacial score (nSPS) is 27.7. The van der Waals surface area contributed by atoms with Crippen LogP contribution in [0.5, 0.6) is 0 Å². The maximum absolute atomic E-state index is 13.8. The number of hydrogen-bond donors (Lipinski definition) is 3. The van der Waals surface area contributed by atoms with Crippen LogP contribution in [0.4, 0.5) is 5.69 Å². The SMILES string of the molecule is CC1(C)COCCCCOCC(C)(C)C(=O)OCOP(=O)(COC[C@@H]2O[C@@H](n3ccc4c(NC5CCCC5)c(C#N)c(Cl)nc43)[C@H](O)[C@@H]2O)OCOC1=O. The minimum Gasteiger partial charge on any atom is -0.437 e. The van der Waals surface area contributed by atoms with E-state index in [0.29, 0.717) is 42.8 Å². The van der Waals surface area contributed by atoms with Crippen LogP contribution in [0.25, 0.3) is 11.0 Å². The Kier molecular flexibility index (Phi) is 14.4. The molecule has 5 rings (SSSR count). The molecule has 300 valence electrons. The third-order valence-corrected chi connectivity index (χ3v) is 11.3. The third kappa shape index (κ3) is 10.3. The number of aromatic nitrogens is 2. The van der Waals surface area contributed by atoms with Crippen molar-refractivity contribution in [2.24, 2.45) is 10.8 Å². The van der Waals surface area contributed by atoms with E-state index in [-0.39, 0.29) is 36.6 Å². The first-order valence-corrected chi connectivity index (χ1v) is 20.1. The number of aliphatic hydroxyl groups is 2. The van der Waals surface area contributed by atoms with Crippen molar-refractivity contribution in [2.45, 2.75) is 96.8 Å². The van der Waals surface area contributed by atoms with E-state index in [0.717, 1.165) is 25.7 Å². The number of nitrogens with zero attached hydrogens (tertiary/aromatic N) is 3. The molecule has 17 nitrogen and oxygen atoms in total. The number of carbonyl (C=O) groups excluding carboxylic acids is 2. The number of nitrogens with one attached hydrogen (secondary N) is 1. The lowest BCUT2D eigenvalue weighted by Gasteiger charge is -2.24. The largest absolute Gasteiger partial charge is 0.437 e. The van der Waals surface area contributed by atoms with Crippen LogP contribution < -0.4 is 5.32 Å². The van der Waals surface area contributed by atoms with Gasteiger partial charge in [0, 0.05) is 30.8 Å². The van der Waals surface area contributed by atoms with Gasteiger partial charge in [0.15, 0.2) is 11.4 Å². The Labute approximate surface area is 318 Å². The van der Waals surface area contributed by atoms with Gasteiger partial charge in [-0.1, -0.05) is 24.4 Å². The number of pyridine rings is 1. The van der Waals surface area contributed by atoms with Gasteiger partial charge in [-0.05, 0) is 59.4 Å². The summed E-state index contributed by atoms with van der Waals surface area (Å²) in [6.07, 6.45) is 1.13. The van der Waals surface area contributed by atoms with Crippen molar-refractivity contribution in [2.75, 3.05) is 58.3 Å². The number of halogens is 1. The molecule has 0 bridgehead atoms. The van der Waals surface area contributed by atoms with Gasteiger partial charge in [0.05, 0.1) is 36.3 Å². The zero-order valence-electron chi connectivity index (χ0n) is 31.0. The van der Waals surface area contributed by atoms with E-state index >= 15 is 0 Å². The topological polar surface area (TPSA) is 219 Å². The molecule has 0 spiro atoms. The second kappa shape index (κ2) is 18.4. The maximum Gasteiger partial charge on any atom is 0.361 e. The quantitative estimate of drug-likeness (QED) is 0.198. The molecule has 1 aliphatic carbocycles. The van der Waals surface area contributed by atoms with E-state index in [1.54, 1.807) is 40.0 Å². The minimum absolute atomic E-state index is 0.0242. The van der Waals surface area contributed by atoms with Gasteiger partial charge in [0.2, 0.25) is 13.6 Å². The van der Waals surface area contributed by atoms with Crippen LogP contribution in [0, 0.1) is 22.2 Å².